The molecule has 3 rings (SSSR count). The van der Waals surface area contributed by atoms with Gasteiger partial charge >= 0.3 is 0 Å². The second-order valence-electron chi connectivity index (χ2n) is 4.73. The fraction of sp³-hybridized carbons (Fsp3) is 0.200. The largest absolute Gasteiger partial charge is 0.493 e. The third kappa shape index (κ3) is 2.68. The molecule has 3 aromatic rings. The van der Waals surface area contributed by atoms with Crippen LogP contribution in [0.5, 0.6) is 11.5 Å². The number of thiazole rings is 1. The third-order valence-electron chi connectivity index (χ3n) is 3.25. The third-order valence-corrected chi connectivity index (χ3v) is 4.21. The monoisotopic (exact) mass is 331 g/mol. The van der Waals surface area contributed by atoms with Gasteiger partial charge in [-0.1, -0.05) is 17.4 Å². The maximum Gasteiger partial charge on any atom is 0.295 e. The number of benzene rings is 1. The van der Waals surface area contributed by atoms with E-state index in [1.54, 1.807) is 38.5 Å². The quantitative estimate of drug-likeness (QED) is 0.690. The molecule has 0 N–H and O–H groups in total. The summed E-state index contributed by atoms with van der Waals surface area (Å²) in [6.07, 6.45) is 1.70. The predicted octanol–water partition coefficient (Wildman–Crippen LogP) is 0.385. The molecule has 0 aliphatic carbocycles. The zero-order chi connectivity index (χ0) is 16.6. The Kier molecular flexibility index (Phi) is 3.83. The fourth-order valence-electron chi connectivity index (χ4n) is 2.08. The van der Waals surface area contributed by atoms with Crippen LogP contribution in [0.15, 0.2) is 27.8 Å². The van der Waals surface area contributed by atoms with Crippen LogP contribution in [0, 0.1) is 6.92 Å². The molecule has 118 valence electrons. The van der Waals surface area contributed by atoms with Crippen LogP contribution in [0.3, 0.4) is 0 Å². The van der Waals surface area contributed by atoms with Gasteiger partial charge in [0.1, 0.15) is 5.69 Å². The van der Waals surface area contributed by atoms with Crippen LogP contribution < -0.4 is 25.1 Å². The Morgan fingerprint density at radius 2 is 1.91 bits per heavy atom. The van der Waals surface area contributed by atoms with Gasteiger partial charge in [0.25, 0.3) is 11.1 Å². The summed E-state index contributed by atoms with van der Waals surface area (Å²) in [4.78, 5) is 28.0. The van der Waals surface area contributed by atoms with Crippen LogP contribution in [-0.2, 0) is 0 Å². The Hall–Kier alpha value is -2.74. The highest BCUT2D eigenvalue weighted by Crippen LogP contribution is 2.27. The minimum Gasteiger partial charge on any atom is -0.493 e. The van der Waals surface area contributed by atoms with Gasteiger partial charge in [-0.05, 0) is 30.7 Å². The van der Waals surface area contributed by atoms with Crippen LogP contribution in [0.4, 0.5) is 0 Å². The summed E-state index contributed by atoms with van der Waals surface area (Å²) in [6.45, 7) is 1.52. The lowest BCUT2D eigenvalue weighted by molar-refractivity contribution is 0.355. The van der Waals surface area contributed by atoms with Crippen LogP contribution in [0.25, 0.3) is 11.0 Å². The molecule has 0 spiro atoms. The molecule has 2 aromatic heterocycles. The Morgan fingerprint density at radius 1 is 1.17 bits per heavy atom. The number of aromatic nitrogens is 3. The molecule has 0 aliphatic heterocycles. The first-order valence-corrected chi connectivity index (χ1v) is 7.49. The highest BCUT2D eigenvalue weighted by Gasteiger charge is 2.09. The van der Waals surface area contributed by atoms with E-state index in [1.165, 1.54) is 6.92 Å². The predicted molar refractivity (Wildman–Crippen MR) is 86.5 cm³/mol. The number of hydrogen-bond donors (Lipinski definition) is 0. The van der Waals surface area contributed by atoms with E-state index in [0.29, 0.717) is 16.0 Å². The van der Waals surface area contributed by atoms with Crippen molar-refractivity contribution in [3.63, 3.8) is 0 Å². The van der Waals surface area contributed by atoms with Gasteiger partial charge in [-0.3, -0.25) is 9.59 Å². The number of nitrogens with zero attached hydrogens (tertiary/aromatic N) is 3. The number of ether oxygens (including phenoxy) is 2. The first kappa shape index (κ1) is 15.2. The van der Waals surface area contributed by atoms with E-state index in [-0.39, 0.29) is 16.2 Å². The summed E-state index contributed by atoms with van der Waals surface area (Å²) in [5, 5.41) is 3.97. The van der Waals surface area contributed by atoms with Crippen molar-refractivity contribution in [2.45, 2.75) is 6.92 Å². The van der Waals surface area contributed by atoms with Crippen LogP contribution >= 0.6 is 11.3 Å². The zero-order valence-corrected chi connectivity index (χ0v) is 13.5. The SMILES string of the molecule is COc1ccc(C=c2sc3nc(=O)c(C)nn3c2=O)cc1OC. The summed E-state index contributed by atoms with van der Waals surface area (Å²) in [5.41, 5.74) is 0.223. The van der Waals surface area contributed by atoms with Crippen LogP contribution in [0.1, 0.15) is 11.3 Å². The molecular weight excluding hydrogens is 318 g/mol. The van der Waals surface area contributed by atoms with E-state index in [9.17, 15) is 9.59 Å². The van der Waals surface area contributed by atoms with E-state index in [4.69, 9.17) is 9.47 Å². The summed E-state index contributed by atoms with van der Waals surface area (Å²) in [5.74, 6) is 1.17. The topological polar surface area (TPSA) is 82.8 Å². The van der Waals surface area contributed by atoms with E-state index in [1.807, 2.05) is 0 Å². The molecule has 0 saturated carbocycles. The lowest BCUT2D eigenvalue weighted by Crippen LogP contribution is -2.27. The summed E-state index contributed by atoms with van der Waals surface area (Å²) in [6, 6.07) is 5.32. The van der Waals surface area contributed by atoms with Gasteiger partial charge in [-0.2, -0.15) is 14.6 Å². The molecular formula is C15H13N3O4S. The normalized spacial score (nSPS) is 11.9. The molecule has 0 aliphatic rings. The van der Waals surface area contributed by atoms with Crippen molar-refractivity contribution < 1.29 is 9.47 Å². The number of methoxy groups -OCH3 is 2. The van der Waals surface area contributed by atoms with Crippen LogP contribution in [-0.4, -0.2) is 28.8 Å². The zero-order valence-electron chi connectivity index (χ0n) is 12.7. The van der Waals surface area contributed by atoms with Crippen molar-refractivity contribution in [1.82, 2.24) is 14.6 Å². The van der Waals surface area contributed by atoms with Crippen molar-refractivity contribution in [3.05, 3.63) is 54.7 Å². The molecule has 0 bridgehead atoms. The molecule has 23 heavy (non-hydrogen) atoms. The Morgan fingerprint density at radius 3 is 2.61 bits per heavy atom. The molecule has 7 nitrogen and oxygen atoms in total. The van der Waals surface area contributed by atoms with Gasteiger partial charge < -0.3 is 9.47 Å². The Bertz CT molecular complexity index is 1050. The smallest absolute Gasteiger partial charge is 0.295 e. The number of fused-ring (bicyclic) bond motifs is 1. The molecule has 0 saturated heterocycles. The summed E-state index contributed by atoms with van der Waals surface area (Å²) >= 11 is 1.11. The van der Waals surface area contributed by atoms with Gasteiger partial charge in [-0.15, -0.1) is 0 Å². The minimum atomic E-state index is -0.427. The van der Waals surface area contributed by atoms with Gasteiger partial charge in [-0.25, -0.2) is 0 Å². The van der Waals surface area contributed by atoms with Gasteiger partial charge in [0.15, 0.2) is 11.5 Å². The number of rotatable bonds is 3. The highest BCUT2D eigenvalue weighted by atomic mass is 32.1. The Labute approximate surface area is 134 Å². The number of aryl methyl sites for hydroxylation is 1. The first-order chi connectivity index (χ1) is 11.0. The molecule has 0 atom stereocenters. The van der Waals surface area contributed by atoms with Gasteiger partial charge in [0.05, 0.1) is 18.8 Å². The van der Waals surface area contributed by atoms with Crippen molar-refractivity contribution in [3.8, 4) is 11.5 Å². The second-order valence-corrected chi connectivity index (χ2v) is 5.74. The van der Waals surface area contributed by atoms with Crippen LogP contribution in [0.2, 0.25) is 0 Å². The average molecular weight is 331 g/mol. The van der Waals surface area contributed by atoms with E-state index >= 15 is 0 Å². The number of hydrogen-bond acceptors (Lipinski definition) is 7. The maximum absolute atomic E-state index is 12.4. The lowest BCUT2D eigenvalue weighted by atomic mass is 10.2. The summed E-state index contributed by atoms with van der Waals surface area (Å²) < 4.78 is 12.0. The molecule has 2 heterocycles. The van der Waals surface area contributed by atoms with Gasteiger partial charge in [0.2, 0.25) is 4.96 Å². The molecule has 8 heteroatoms. The van der Waals surface area contributed by atoms with Crippen molar-refractivity contribution in [2.24, 2.45) is 0 Å². The highest BCUT2D eigenvalue weighted by molar-refractivity contribution is 7.15. The average Bonchev–Trinajstić information content (AvgIpc) is 2.83. The molecule has 0 amide bonds. The fourth-order valence-corrected chi connectivity index (χ4v) is 2.98. The Balaban J connectivity index is 2.20. The first-order valence-electron chi connectivity index (χ1n) is 6.67. The van der Waals surface area contributed by atoms with E-state index < -0.39 is 5.56 Å². The van der Waals surface area contributed by atoms with Gasteiger partial charge in [0, 0.05) is 0 Å². The molecule has 0 fully saturated rings. The summed E-state index contributed by atoms with van der Waals surface area (Å²) in [7, 11) is 3.10. The standard InChI is InChI=1S/C15H13N3O4S/c1-8-13(19)16-15-18(17-8)14(20)12(23-15)7-9-4-5-10(21-2)11(6-9)22-3/h4-7H,1-3H3. The maximum atomic E-state index is 12.4. The van der Waals surface area contributed by atoms with E-state index in [0.717, 1.165) is 21.4 Å². The van der Waals surface area contributed by atoms with Crippen molar-refractivity contribution in [1.29, 1.82) is 0 Å². The second kappa shape index (κ2) is 5.81. The molecule has 0 unspecified atom stereocenters. The minimum absolute atomic E-state index is 0.190. The molecule has 1 aromatic carbocycles. The van der Waals surface area contributed by atoms with Crippen molar-refractivity contribution in [2.75, 3.05) is 14.2 Å². The lowest BCUT2D eigenvalue weighted by Gasteiger charge is -2.07. The van der Waals surface area contributed by atoms with Crippen molar-refractivity contribution >= 4 is 22.4 Å². The molecule has 0 radical (unpaired) electrons. The van der Waals surface area contributed by atoms with E-state index in [2.05, 4.69) is 10.1 Å².